The third-order valence-corrected chi connectivity index (χ3v) is 8.74. The van der Waals surface area contributed by atoms with Crippen molar-refractivity contribution in [1.29, 1.82) is 0 Å². The second kappa shape index (κ2) is 14.4. The van der Waals surface area contributed by atoms with Crippen LogP contribution in [0, 0.1) is 0 Å². The maximum absolute atomic E-state index is 12.8. The van der Waals surface area contributed by atoms with E-state index < -0.39 is 0 Å². The van der Waals surface area contributed by atoms with Gasteiger partial charge in [0.05, 0.1) is 6.33 Å². The zero-order chi connectivity index (χ0) is 35.3. The Morgan fingerprint density at radius 2 is 1.37 bits per heavy atom. The van der Waals surface area contributed by atoms with Crippen LogP contribution in [0.4, 0.5) is 17.2 Å². The number of benzene rings is 4. The van der Waals surface area contributed by atoms with E-state index in [1.165, 1.54) is 0 Å². The molecule has 0 saturated heterocycles. The number of carbonyl (C=O) groups excluding carboxylic acids is 2. The number of anilines is 3. The van der Waals surface area contributed by atoms with E-state index in [-0.39, 0.29) is 11.8 Å². The summed E-state index contributed by atoms with van der Waals surface area (Å²) in [4.78, 5) is 36.9. The topological polar surface area (TPSA) is 191 Å². The van der Waals surface area contributed by atoms with Crippen LogP contribution in [0.2, 0.25) is 0 Å². The van der Waals surface area contributed by atoms with Gasteiger partial charge in [-0.15, -0.1) is 0 Å². The summed E-state index contributed by atoms with van der Waals surface area (Å²) < 4.78 is 8.13. The van der Waals surface area contributed by atoms with E-state index in [1.807, 2.05) is 72.8 Å². The number of imidazole rings is 1. The highest BCUT2D eigenvalue weighted by atomic mass is 16.5. The van der Waals surface area contributed by atoms with Gasteiger partial charge >= 0.3 is 0 Å². The fraction of sp³-hybridized carbons (Fsp3) is 0.154. The fourth-order valence-electron chi connectivity index (χ4n) is 6.06. The molecule has 0 aliphatic rings. The third-order valence-electron chi connectivity index (χ3n) is 8.74. The average Bonchev–Trinajstić information content (AvgIpc) is 3.61. The number of nitrogen functional groups attached to an aromatic ring is 3. The summed E-state index contributed by atoms with van der Waals surface area (Å²) >= 11 is 0. The van der Waals surface area contributed by atoms with Crippen LogP contribution >= 0.6 is 0 Å². The Morgan fingerprint density at radius 3 is 2.06 bits per heavy atom. The minimum Gasteiger partial charge on any atom is -0.486 e. The van der Waals surface area contributed by atoms with Crippen molar-refractivity contribution in [3.05, 3.63) is 126 Å². The number of aryl methyl sites for hydroxylation is 1. The molecule has 0 atom stereocenters. The molecule has 12 heteroatoms. The molecule has 0 bridgehead atoms. The molecule has 3 aromatic heterocycles. The Labute approximate surface area is 293 Å². The summed E-state index contributed by atoms with van der Waals surface area (Å²) in [5.74, 6) is 0.692. The number of ether oxygens (including phenoxy) is 1. The van der Waals surface area contributed by atoms with Crippen molar-refractivity contribution in [3.63, 3.8) is 0 Å². The number of nitrogens with two attached hydrogens (primary N) is 3. The lowest BCUT2D eigenvalue weighted by atomic mass is 10.1. The van der Waals surface area contributed by atoms with Gasteiger partial charge in [0, 0.05) is 71.8 Å². The molecule has 0 saturated carbocycles. The van der Waals surface area contributed by atoms with Crippen molar-refractivity contribution >= 4 is 62.0 Å². The molecule has 0 radical (unpaired) electrons. The van der Waals surface area contributed by atoms with Gasteiger partial charge in [-0.1, -0.05) is 36.4 Å². The van der Waals surface area contributed by atoms with E-state index in [9.17, 15) is 9.59 Å². The molecular formula is C39H38N9O3+. The quantitative estimate of drug-likeness (QED) is 0.0596. The molecule has 4 aromatic carbocycles. The van der Waals surface area contributed by atoms with Gasteiger partial charge in [-0.3, -0.25) is 9.59 Å². The van der Waals surface area contributed by atoms with Gasteiger partial charge in [-0.25, -0.2) is 9.97 Å². The largest absolute Gasteiger partial charge is 0.486 e. The molecule has 0 aliphatic carbocycles. The molecule has 0 aliphatic heterocycles. The van der Waals surface area contributed by atoms with Gasteiger partial charge in [0.25, 0.3) is 5.91 Å². The van der Waals surface area contributed by atoms with Gasteiger partial charge in [0.15, 0.2) is 11.4 Å². The van der Waals surface area contributed by atoms with E-state index in [0.29, 0.717) is 78.8 Å². The highest BCUT2D eigenvalue weighted by Crippen LogP contribution is 2.25. The minimum absolute atomic E-state index is 0.0456. The zero-order valence-electron chi connectivity index (χ0n) is 27.9. The van der Waals surface area contributed by atoms with E-state index >= 15 is 0 Å². The predicted molar refractivity (Wildman–Crippen MR) is 198 cm³/mol. The predicted octanol–water partition coefficient (Wildman–Crippen LogP) is 4.90. The Kier molecular flexibility index (Phi) is 9.29. The van der Waals surface area contributed by atoms with Crippen LogP contribution in [0.5, 0.6) is 5.75 Å². The number of carbonyl (C=O) groups is 2. The molecule has 12 nitrogen and oxygen atoms in total. The molecule has 51 heavy (non-hydrogen) atoms. The minimum atomic E-state index is -0.182. The van der Waals surface area contributed by atoms with E-state index in [1.54, 1.807) is 24.5 Å². The SMILES string of the molecule is Nc1ccc2cc3ccc(N)cc3[n+](CCCC(=O)NCc3ccc(C(=O)NCc4ccc(COc5cc(N)nc6nc[nH]c56)cc4)cc3)c2c1. The van der Waals surface area contributed by atoms with E-state index in [0.717, 1.165) is 38.5 Å². The van der Waals surface area contributed by atoms with Crippen LogP contribution in [0.15, 0.2) is 103 Å². The van der Waals surface area contributed by atoms with Crippen LogP contribution in [0.1, 0.15) is 39.9 Å². The van der Waals surface area contributed by atoms with Crippen molar-refractivity contribution in [3.8, 4) is 5.75 Å². The van der Waals surface area contributed by atoms with Crippen molar-refractivity contribution in [2.45, 2.75) is 39.1 Å². The number of aromatic nitrogens is 4. The summed E-state index contributed by atoms with van der Waals surface area (Å²) in [6, 6.07) is 30.5. The molecule has 2 amide bonds. The first kappa shape index (κ1) is 32.8. The first-order chi connectivity index (χ1) is 24.8. The van der Waals surface area contributed by atoms with Gasteiger partial charge in [0.2, 0.25) is 16.9 Å². The highest BCUT2D eigenvalue weighted by molar-refractivity contribution is 5.94. The van der Waals surface area contributed by atoms with Crippen molar-refractivity contribution in [1.82, 2.24) is 25.6 Å². The number of rotatable bonds is 12. The molecule has 7 rings (SSSR count). The average molecular weight is 681 g/mol. The second-order valence-electron chi connectivity index (χ2n) is 12.4. The van der Waals surface area contributed by atoms with E-state index in [2.05, 4.69) is 36.2 Å². The van der Waals surface area contributed by atoms with Crippen LogP contribution in [-0.4, -0.2) is 26.8 Å². The van der Waals surface area contributed by atoms with Crippen molar-refractivity contribution in [2.24, 2.45) is 0 Å². The molecule has 7 aromatic rings. The molecule has 0 fully saturated rings. The van der Waals surface area contributed by atoms with Crippen LogP contribution in [-0.2, 0) is 31.0 Å². The Hall–Kier alpha value is -6.69. The molecule has 256 valence electrons. The molecular weight excluding hydrogens is 642 g/mol. The fourth-order valence-corrected chi connectivity index (χ4v) is 6.06. The molecule has 3 heterocycles. The lowest BCUT2D eigenvalue weighted by molar-refractivity contribution is -0.645. The first-order valence-electron chi connectivity index (χ1n) is 16.6. The highest BCUT2D eigenvalue weighted by Gasteiger charge is 2.17. The normalized spacial score (nSPS) is 11.2. The van der Waals surface area contributed by atoms with E-state index in [4.69, 9.17) is 21.9 Å². The first-order valence-corrected chi connectivity index (χ1v) is 16.6. The zero-order valence-corrected chi connectivity index (χ0v) is 27.9. The number of hydrogen-bond acceptors (Lipinski definition) is 8. The number of pyridine rings is 2. The lowest BCUT2D eigenvalue weighted by Crippen LogP contribution is -2.36. The van der Waals surface area contributed by atoms with Gasteiger partial charge in [0.1, 0.15) is 24.5 Å². The monoisotopic (exact) mass is 680 g/mol. The third kappa shape index (κ3) is 7.65. The smallest absolute Gasteiger partial charge is 0.251 e. The molecule has 9 N–H and O–H groups in total. The number of amides is 2. The maximum atomic E-state index is 12.8. The number of aromatic amines is 1. The molecule has 0 unspecified atom stereocenters. The number of nitrogens with zero attached hydrogens (tertiary/aromatic N) is 3. The van der Waals surface area contributed by atoms with Crippen LogP contribution in [0.3, 0.4) is 0 Å². The van der Waals surface area contributed by atoms with Crippen LogP contribution in [0.25, 0.3) is 33.0 Å². The number of fused-ring (bicyclic) bond motifs is 3. The Morgan fingerprint density at radius 1 is 0.745 bits per heavy atom. The lowest BCUT2D eigenvalue weighted by Gasteiger charge is -2.10. The number of nitrogens with one attached hydrogen (secondary N) is 3. The second-order valence-corrected chi connectivity index (χ2v) is 12.4. The van der Waals surface area contributed by atoms with Crippen molar-refractivity contribution < 1.29 is 18.9 Å². The summed E-state index contributed by atoms with van der Waals surface area (Å²) in [6.07, 6.45) is 2.55. The Bertz CT molecular complexity index is 2310. The molecule has 0 spiro atoms. The van der Waals surface area contributed by atoms with Gasteiger partial charge in [-0.05, 0) is 59.2 Å². The maximum Gasteiger partial charge on any atom is 0.251 e. The summed E-state index contributed by atoms with van der Waals surface area (Å²) in [5, 5.41) is 8.10. The number of H-pyrrole nitrogens is 1. The Balaban J connectivity index is 0.867. The summed E-state index contributed by atoms with van der Waals surface area (Å²) in [6.45, 7) is 1.72. The van der Waals surface area contributed by atoms with Gasteiger partial charge in [-0.2, -0.15) is 4.57 Å². The van der Waals surface area contributed by atoms with Gasteiger partial charge < -0.3 is 37.6 Å². The summed E-state index contributed by atoms with van der Waals surface area (Å²) in [5.41, 5.74) is 26.0. The van der Waals surface area contributed by atoms with Crippen molar-refractivity contribution in [2.75, 3.05) is 17.2 Å². The number of hydrogen-bond donors (Lipinski definition) is 6. The van der Waals surface area contributed by atoms with Crippen LogP contribution < -0.4 is 37.1 Å². The standard InChI is InChI=1S/C39H37N9O3/c40-30-13-11-28-16-29-12-14-31(41)18-33(29)48(32(28)17-30)15-1-2-36(49)43-20-25-7-9-27(10-8-25)39(50)44-21-24-3-5-26(6-4-24)22-51-34-19-35(42)47-38-37(34)45-23-46-38/h3-14,16-19,23H,1-2,15,20-22H2,(H8,40,41,42,43,44,45,46,47,49,50)/p+1. The summed E-state index contributed by atoms with van der Waals surface area (Å²) in [7, 11) is 0.